The van der Waals surface area contributed by atoms with Crippen LogP contribution in [0, 0.1) is 0 Å². The number of aromatic amines is 1. The number of rotatable bonds is 1. The predicted molar refractivity (Wildman–Crippen MR) is 38.6 cm³/mol. The smallest absolute Gasteiger partial charge is 0.414 e. The number of carboxylic acid groups (broad SMARTS) is 3. The summed E-state index contributed by atoms with van der Waals surface area (Å²) in [7, 11) is 0. The molecule has 0 spiro atoms. The second-order valence-electron chi connectivity index (χ2n) is 1.77. The molecule has 0 atom stereocenters. The average Bonchev–Trinajstić information content (AvgIpc) is 2.56. The number of nitrogens with one attached hydrogen (secondary N) is 1. The molecule has 1 aromatic rings. The van der Waals surface area contributed by atoms with Gasteiger partial charge >= 0.3 is 17.9 Å². The molecule has 0 aliphatic carbocycles. The molecule has 0 aliphatic heterocycles. The Kier molecular flexibility index (Phi) is 7.89. The third-order valence-electron chi connectivity index (χ3n) is 0.817. The van der Waals surface area contributed by atoms with Crippen molar-refractivity contribution in [3.05, 3.63) is 11.9 Å². The van der Waals surface area contributed by atoms with Crippen molar-refractivity contribution >= 4 is 17.9 Å². The number of H-pyrrole nitrogens is 1. The van der Waals surface area contributed by atoms with Crippen LogP contribution in [0.2, 0.25) is 0 Å². The Labute approximate surface area is 94.9 Å². The van der Waals surface area contributed by atoms with Crippen molar-refractivity contribution in [1.29, 1.82) is 0 Å². The van der Waals surface area contributed by atoms with Gasteiger partial charge in [-0.3, -0.25) is 0 Å². The topological polar surface area (TPSA) is 153 Å². The van der Waals surface area contributed by atoms with Gasteiger partial charge in [0.2, 0.25) is 0 Å². The number of nitrogens with zero attached hydrogens (tertiary/aromatic N) is 2. The fourth-order valence-electron chi connectivity index (χ4n) is 0.305. The molecular formula is C5H5N3O6Zn. The summed E-state index contributed by atoms with van der Waals surface area (Å²) in [5, 5.41) is 31.7. The fourth-order valence-corrected chi connectivity index (χ4v) is 0.305. The largest absolute Gasteiger partial charge is 0.476 e. The number of hydrogen-bond donors (Lipinski definition) is 4. The van der Waals surface area contributed by atoms with Crippen LogP contribution in [0.3, 0.4) is 0 Å². The first kappa shape index (κ1) is 15.6. The van der Waals surface area contributed by atoms with Gasteiger partial charge in [0.25, 0.3) is 0 Å². The molecule has 15 heavy (non-hydrogen) atoms. The number of carbonyl (C=O) groups is 3. The van der Waals surface area contributed by atoms with Crippen LogP contribution in [0.15, 0.2) is 6.20 Å². The van der Waals surface area contributed by atoms with Gasteiger partial charge in [0, 0.05) is 19.5 Å². The maximum atomic E-state index is 9.94. The quantitative estimate of drug-likeness (QED) is 0.360. The summed E-state index contributed by atoms with van der Waals surface area (Å²) in [6.45, 7) is 0. The van der Waals surface area contributed by atoms with E-state index in [1.165, 1.54) is 0 Å². The van der Waals surface area contributed by atoms with E-state index >= 15 is 0 Å². The second kappa shape index (κ2) is 7.57. The zero-order valence-electron chi connectivity index (χ0n) is 7.25. The van der Waals surface area contributed by atoms with Crippen LogP contribution >= 0.6 is 0 Å². The van der Waals surface area contributed by atoms with E-state index < -0.39 is 17.9 Å². The Bertz CT molecular complexity index is 325. The van der Waals surface area contributed by atoms with Gasteiger partial charge in [0.15, 0.2) is 5.69 Å². The van der Waals surface area contributed by atoms with Gasteiger partial charge in [0.1, 0.15) is 0 Å². The number of carboxylic acids is 3. The van der Waals surface area contributed by atoms with Crippen molar-refractivity contribution in [2.24, 2.45) is 0 Å². The van der Waals surface area contributed by atoms with Crippen molar-refractivity contribution < 1.29 is 49.2 Å². The summed E-state index contributed by atoms with van der Waals surface area (Å²) in [5.74, 6) is -4.72. The molecule has 10 heteroatoms. The number of hydrogen-bond acceptors (Lipinski definition) is 5. The van der Waals surface area contributed by atoms with Crippen LogP contribution in [0.25, 0.3) is 0 Å². The Hall–Kier alpha value is -1.83. The molecule has 0 bridgehead atoms. The van der Waals surface area contributed by atoms with Crippen LogP contribution in [-0.4, -0.2) is 48.6 Å². The third kappa shape index (κ3) is 7.26. The fraction of sp³-hybridized carbons (Fsp3) is 0. The van der Waals surface area contributed by atoms with Gasteiger partial charge in [-0.25, -0.2) is 14.4 Å². The molecule has 0 amide bonds. The van der Waals surface area contributed by atoms with Crippen molar-refractivity contribution in [2.45, 2.75) is 0 Å². The monoisotopic (exact) mass is 267 g/mol. The molecule has 4 N–H and O–H groups in total. The summed E-state index contributed by atoms with van der Waals surface area (Å²) in [6.07, 6.45) is 1.14. The van der Waals surface area contributed by atoms with Gasteiger partial charge in [-0.2, -0.15) is 10.3 Å². The van der Waals surface area contributed by atoms with Crippen molar-refractivity contribution in [3.8, 4) is 0 Å². The average molecular weight is 268 g/mol. The first-order chi connectivity index (χ1) is 6.45. The van der Waals surface area contributed by atoms with Crippen LogP contribution in [0.5, 0.6) is 0 Å². The zero-order valence-corrected chi connectivity index (χ0v) is 10.2. The first-order valence-electron chi connectivity index (χ1n) is 3.00. The molecule has 1 heterocycles. The van der Waals surface area contributed by atoms with Crippen molar-refractivity contribution in [2.75, 3.05) is 0 Å². The van der Waals surface area contributed by atoms with Gasteiger partial charge in [0.05, 0.1) is 6.20 Å². The van der Waals surface area contributed by atoms with E-state index in [0.29, 0.717) is 0 Å². The zero-order chi connectivity index (χ0) is 11.1. The number of aliphatic carboxylic acids is 2. The van der Waals surface area contributed by atoms with E-state index in [-0.39, 0.29) is 25.2 Å². The van der Waals surface area contributed by atoms with E-state index in [2.05, 4.69) is 15.4 Å². The van der Waals surface area contributed by atoms with Crippen LogP contribution in [0.4, 0.5) is 0 Å². The Morgan fingerprint density at radius 1 is 1.13 bits per heavy atom. The SMILES string of the molecule is O=C(O)C(=O)O.O=C(O)c1cn[nH]n1.[Zn]. The molecule has 1 rings (SSSR count). The van der Waals surface area contributed by atoms with Gasteiger partial charge in [-0.15, -0.1) is 5.10 Å². The van der Waals surface area contributed by atoms with E-state index in [9.17, 15) is 4.79 Å². The van der Waals surface area contributed by atoms with Crippen molar-refractivity contribution in [3.63, 3.8) is 0 Å². The molecule has 0 aromatic carbocycles. The van der Waals surface area contributed by atoms with Crippen LogP contribution in [0.1, 0.15) is 10.5 Å². The molecule has 0 radical (unpaired) electrons. The van der Waals surface area contributed by atoms with E-state index in [1.54, 1.807) is 0 Å². The molecule has 1 aromatic heterocycles. The molecule has 78 valence electrons. The van der Waals surface area contributed by atoms with E-state index in [1.807, 2.05) is 0 Å². The maximum Gasteiger partial charge on any atom is 0.414 e. The molecule has 0 saturated heterocycles. The molecule has 0 unspecified atom stereocenters. The first-order valence-corrected chi connectivity index (χ1v) is 3.00. The molecule has 0 fully saturated rings. The van der Waals surface area contributed by atoms with Gasteiger partial charge in [-0.1, -0.05) is 0 Å². The normalized spacial score (nSPS) is 7.73. The minimum atomic E-state index is -1.82. The molecule has 9 nitrogen and oxygen atoms in total. The van der Waals surface area contributed by atoms with Crippen molar-refractivity contribution in [1.82, 2.24) is 15.4 Å². The Morgan fingerprint density at radius 3 is 1.73 bits per heavy atom. The Morgan fingerprint density at radius 2 is 1.60 bits per heavy atom. The van der Waals surface area contributed by atoms with Crippen LogP contribution < -0.4 is 0 Å². The molecular weight excluding hydrogens is 263 g/mol. The standard InChI is InChI=1S/C3H3N3O2.C2H2O4.Zn/c7-3(8)2-1-4-6-5-2;3-1(4)2(5)6;/h1H,(H,7,8)(H,4,5,6);(H,3,4)(H,5,6);. The third-order valence-corrected chi connectivity index (χ3v) is 0.817. The minimum absolute atomic E-state index is 0. The van der Waals surface area contributed by atoms with E-state index in [0.717, 1.165) is 6.20 Å². The number of aromatic carboxylic acids is 1. The van der Waals surface area contributed by atoms with Crippen LogP contribution in [-0.2, 0) is 29.1 Å². The van der Waals surface area contributed by atoms with E-state index in [4.69, 9.17) is 24.9 Å². The van der Waals surface area contributed by atoms with Gasteiger partial charge < -0.3 is 15.3 Å². The Balaban J connectivity index is 0. The minimum Gasteiger partial charge on any atom is -0.476 e. The number of aromatic nitrogens is 3. The second-order valence-corrected chi connectivity index (χ2v) is 1.77. The summed E-state index contributed by atoms with van der Waals surface area (Å²) < 4.78 is 0. The molecule has 0 aliphatic rings. The summed E-state index contributed by atoms with van der Waals surface area (Å²) in [4.78, 5) is 28.1. The summed E-state index contributed by atoms with van der Waals surface area (Å²) in [5.41, 5.74) is -0.0648. The predicted octanol–water partition coefficient (Wildman–Crippen LogP) is -1.34. The maximum absolute atomic E-state index is 9.94. The summed E-state index contributed by atoms with van der Waals surface area (Å²) >= 11 is 0. The molecule has 0 saturated carbocycles. The van der Waals surface area contributed by atoms with Gasteiger partial charge in [-0.05, 0) is 0 Å². The summed E-state index contributed by atoms with van der Waals surface area (Å²) in [6, 6.07) is 0.